The molecule has 3 heteroatoms. The van der Waals surface area contributed by atoms with Gasteiger partial charge in [0.15, 0.2) is 0 Å². The van der Waals surface area contributed by atoms with E-state index in [0.717, 1.165) is 10.9 Å². The predicted octanol–water partition coefficient (Wildman–Crippen LogP) is 2.97. The van der Waals surface area contributed by atoms with E-state index < -0.39 is 0 Å². The molecule has 0 N–H and O–H groups in total. The minimum Gasteiger partial charge on any atom is -0.466 e. The molecule has 0 saturated heterocycles. The molecule has 0 radical (unpaired) electrons. The van der Waals surface area contributed by atoms with Gasteiger partial charge in [-0.15, -0.1) is 0 Å². The number of halogens is 1. The van der Waals surface area contributed by atoms with E-state index in [4.69, 9.17) is 4.74 Å². The Hall–Kier alpha value is -1.09. The van der Waals surface area contributed by atoms with Crippen LogP contribution in [0.25, 0.3) is 10.9 Å². The van der Waals surface area contributed by atoms with Crippen LogP contribution in [0.4, 0.5) is 0 Å². The maximum absolute atomic E-state index is 5.22. The average molecular weight is 238 g/mol. The van der Waals surface area contributed by atoms with E-state index in [1.807, 2.05) is 36.4 Å². The molecule has 0 spiro atoms. The number of ether oxygens (including phenoxy) is 1. The van der Waals surface area contributed by atoms with Crippen LogP contribution in [-0.4, -0.2) is 10.5 Å². The Morgan fingerprint density at radius 1 is 1.15 bits per heavy atom. The fourth-order valence-electron chi connectivity index (χ4n) is 1.18. The lowest BCUT2D eigenvalue weighted by Crippen LogP contribution is -1.91. The minimum absolute atomic E-state index is 0.471. The number of hydrogen-bond acceptors (Lipinski definition) is 2. The summed E-state index contributed by atoms with van der Waals surface area (Å²) in [5, 5.41) is 1.13. The highest BCUT2D eigenvalue weighted by Crippen LogP contribution is 2.16. The number of hydrogen-bond donors (Lipinski definition) is 0. The fourth-order valence-corrected chi connectivity index (χ4v) is 1.42. The zero-order chi connectivity index (χ0) is 9.10. The van der Waals surface area contributed by atoms with Crippen molar-refractivity contribution < 1.29 is 4.74 Å². The lowest BCUT2D eigenvalue weighted by molar-refractivity contribution is 0.383. The number of aromatic nitrogens is 1. The molecular formula is C10H8BrNO. The van der Waals surface area contributed by atoms with Crippen LogP contribution in [-0.2, 0) is 0 Å². The molecular weight excluding hydrogens is 230 g/mol. The fraction of sp³-hybridized carbons (Fsp3) is 0.100. The van der Waals surface area contributed by atoms with Gasteiger partial charge in [-0.25, -0.2) is 4.98 Å². The molecule has 0 fully saturated rings. The van der Waals surface area contributed by atoms with Crippen molar-refractivity contribution in [2.45, 2.75) is 0 Å². The summed E-state index contributed by atoms with van der Waals surface area (Å²) >= 11 is 3.19. The Morgan fingerprint density at radius 3 is 2.85 bits per heavy atom. The van der Waals surface area contributed by atoms with E-state index in [9.17, 15) is 0 Å². The third-order valence-electron chi connectivity index (χ3n) is 1.78. The molecule has 1 heterocycles. The normalized spacial score (nSPS) is 10.2. The molecule has 13 heavy (non-hydrogen) atoms. The van der Waals surface area contributed by atoms with Crippen molar-refractivity contribution >= 4 is 26.8 Å². The van der Waals surface area contributed by atoms with Crippen molar-refractivity contribution in [2.75, 3.05) is 5.52 Å². The van der Waals surface area contributed by atoms with Crippen molar-refractivity contribution in [3.8, 4) is 5.88 Å². The zero-order valence-electron chi connectivity index (χ0n) is 6.90. The molecule has 0 aliphatic heterocycles. The third kappa shape index (κ3) is 1.80. The zero-order valence-corrected chi connectivity index (χ0v) is 8.49. The van der Waals surface area contributed by atoms with E-state index in [0.29, 0.717) is 11.4 Å². The summed E-state index contributed by atoms with van der Waals surface area (Å²) in [6, 6.07) is 11.8. The van der Waals surface area contributed by atoms with Crippen molar-refractivity contribution in [3.05, 3.63) is 36.4 Å². The summed E-state index contributed by atoms with van der Waals surface area (Å²) < 4.78 is 5.22. The number of benzene rings is 1. The summed E-state index contributed by atoms with van der Waals surface area (Å²) in [6.07, 6.45) is 0. The van der Waals surface area contributed by atoms with Gasteiger partial charge in [-0.1, -0.05) is 18.2 Å². The lowest BCUT2D eigenvalue weighted by Gasteiger charge is -2.01. The lowest BCUT2D eigenvalue weighted by atomic mass is 10.2. The largest absolute Gasteiger partial charge is 0.466 e. The summed E-state index contributed by atoms with van der Waals surface area (Å²) in [5.74, 6) is 0.649. The Bertz CT molecular complexity index is 416. The van der Waals surface area contributed by atoms with Crippen molar-refractivity contribution in [1.82, 2.24) is 4.98 Å². The highest BCUT2D eigenvalue weighted by molar-refractivity contribution is 9.09. The van der Waals surface area contributed by atoms with Crippen molar-refractivity contribution in [2.24, 2.45) is 0 Å². The maximum atomic E-state index is 5.22. The van der Waals surface area contributed by atoms with Gasteiger partial charge in [0, 0.05) is 11.5 Å². The molecule has 0 aliphatic rings. The monoisotopic (exact) mass is 237 g/mol. The number of pyridine rings is 1. The van der Waals surface area contributed by atoms with E-state index >= 15 is 0 Å². The SMILES string of the molecule is BrCOc1ccc2ccccc2n1. The summed E-state index contributed by atoms with van der Waals surface area (Å²) in [6.45, 7) is 0. The first-order valence-corrected chi connectivity index (χ1v) is 5.07. The van der Waals surface area contributed by atoms with Crippen LogP contribution in [0.15, 0.2) is 36.4 Å². The van der Waals surface area contributed by atoms with Crippen LogP contribution >= 0.6 is 15.9 Å². The van der Waals surface area contributed by atoms with Crippen molar-refractivity contribution in [1.29, 1.82) is 0 Å². The summed E-state index contributed by atoms with van der Waals surface area (Å²) in [5.41, 5.74) is 1.43. The van der Waals surface area contributed by atoms with Gasteiger partial charge in [0.25, 0.3) is 0 Å². The predicted molar refractivity (Wildman–Crippen MR) is 56.2 cm³/mol. The minimum atomic E-state index is 0.471. The van der Waals surface area contributed by atoms with E-state index in [1.165, 1.54) is 0 Å². The highest BCUT2D eigenvalue weighted by Gasteiger charge is 1.96. The molecule has 2 rings (SSSR count). The van der Waals surface area contributed by atoms with Gasteiger partial charge in [-0.3, -0.25) is 0 Å². The molecule has 2 nitrogen and oxygen atoms in total. The number of fused-ring (bicyclic) bond motifs is 1. The van der Waals surface area contributed by atoms with Gasteiger partial charge in [0.1, 0.15) is 5.52 Å². The van der Waals surface area contributed by atoms with Crippen molar-refractivity contribution in [3.63, 3.8) is 0 Å². The van der Waals surface area contributed by atoms with E-state index in [1.54, 1.807) is 0 Å². The Kier molecular flexibility index (Phi) is 2.45. The number of para-hydroxylation sites is 1. The van der Waals surface area contributed by atoms with Gasteiger partial charge < -0.3 is 4.74 Å². The van der Waals surface area contributed by atoms with Crippen LogP contribution < -0.4 is 4.74 Å². The van der Waals surface area contributed by atoms with Gasteiger partial charge in [-0.05, 0) is 28.1 Å². The van der Waals surface area contributed by atoms with Gasteiger partial charge in [-0.2, -0.15) is 0 Å². The topological polar surface area (TPSA) is 22.1 Å². The van der Waals surface area contributed by atoms with Gasteiger partial charge in [0.2, 0.25) is 5.88 Å². The first kappa shape index (κ1) is 8.51. The quantitative estimate of drug-likeness (QED) is 0.750. The molecule has 0 amide bonds. The Balaban J connectivity index is 2.49. The van der Waals surface area contributed by atoms with E-state index in [-0.39, 0.29) is 0 Å². The second kappa shape index (κ2) is 3.75. The summed E-state index contributed by atoms with van der Waals surface area (Å²) in [7, 11) is 0. The second-order valence-electron chi connectivity index (χ2n) is 2.60. The van der Waals surface area contributed by atoms with Crippen LogP contribution in [0, 0.1) is 0 Å². The Morgan fingerprint density at radius 2 is 2.00 bits per heavy atom. The number of rotatable bonds is 2. The molecule has 1 aromatic heterocycles. The smallest absolute Gasteiger partial charge is 0.214 e. The number of alkyl halides is 1. The first-order chi connectivity index (χ1) is 6.40. The molecule has 0 aliphatic carbocycles. The van der Waals surface area contributed by atoms with Crippen LogP contribution in [0.2, 0.25) is 0 Å². The molecule has 0 bridgehead atoms. The van der Waals surface area contributed by atoms with Crippen LogP contribution in [0.1, 0.15) is 0 Å². The molecule has 0 saturated carbocycles. The van der Waals surface area contributed by atoms with Gasteiger partial charge in [0.05, 0.1) is 5.52 Å². The molecule has 1 aromatic carbocycles. The molecule has 0 atom stereocenters. The third-order valence-corrected chi connectivity index (χ3v) is 2.00. The standard InChI is InChI=1S/C10H8BrNO/c11-7-13-10-6-5-8-3-1-2-4-9(8)12-10/h1-6H,7H2. The highest BCUT2D eigenvalue weighted by atomic mass is 79.9. The van der Waals surface area contributed by atoms with E-state index in [2.05, 4.69) is 20.9 Å². The average Bonchev–Trinajstić information content (AvgIpc) is 2.18. The van der Waals surface area contributed by atoms with Crippen LogP contribution in [0.5, 0.6) is 5.88 Å². The molecule has 2 aromatic rings. The van der Waals surface area contributed by atoms with Crippen LogP contribution in [0.3, 0.4) is 0 Å². The molecule has 0 unspecified atom stereocenters. The summed E-state index contributed by atoms with van der Waals surface area (Å²) in [4.78, 5) is 4.31. The second-order valence-corrected chi connectivity index (χ2v) is 3.05. The first-order valence-electron chi connectivity index (χ1n) is 3.95. The Labute approximate surface area is 84.7 Å². The number of nitrogens with zero attached hydrogens (tertiary/aromatic N) is 1. The molecule has 66 valence electrons. The van der Waals surface area contributed by atoms with Gasteiger partial charge >= 0.3 is 0 Å². The maximum Gasteiger partial charge on any atom is 0.214 e.